The number of thiol groups is 1. The van der Waals surface area contributed by atoms with Crippen LogP contribution >= 0.6 is 34.3 Å². The molecule has 0 heterocycles. The second-order valence-electron chi connectivity index (χ2n) is 2.05. The van der Waals surface area contributed by atoms with E-state index in [1.54, 1.807) is 0 Å². The lowest BCUT2D eigenvalue weighted by Gasteiger charge is -1.99. The first-order valence-corrected chi connectivity index (χ1v) is 4.91. The molecule has 0 saturated carbocycles. The Morgan fingerprint density at radius 1 is 1.50 bits per heavy atom. The second-order valence-corrected chi connectivity index (χ2v) is 3.59. The van der Waals surface area contributed by atoms with Crippen LogP contribution in [0.25, 0.3) is 0 Å². The molecular weight excluding hydrogens is 184 g/mol. The number of hydrogen-bond donors (Lipinski definition) is 1. The van der Waals surface area contributed by atoms with Crippen molar-refractivity contribution >= 4 is 34.3 Å². The summed E-state index contributed by atoms with van der Waals surface area (Å²) in [5.74, 6) is 0. The summed E-state index contributed by atoms with van der Waals surface area (Å²) in [6.07, 6.45) is 0. The molecule has 0 saturated heterocycles. The van der Waals surface area contributed by atoms with Crippen molar-refractivity contribution in [1.29, 1.82) is 0 Å². The van der Waals surface area contributed by atoms with Crippen LogP contribution in [0.4, 0.5) is 0 Å². The molecule has 54 valence electrons. The zero-order valence-electron chi connectivity index (χ0n) is 5.47. The molecule has 0 aliphatic heterocycles. The van der Waals surface area contributed by atoms with Crippen molar-refractivity contribution in [2.24, 2.45) is 0 Å². The highest BCUT2D eigenvalue weighted by Crippen LogP contribution is 2.28. The van der Waals surface area contributed by atoms with Crippen LogP contribution in [0, 0.1) is 6.92 Å². The topological polar surface area (TPSA) is 0 Å². The van der Waals surface area contributed by atoms with E-state index in [0.29, 0.717) is 0 Å². The van der Waals surface area contributed by atoms with Crippen LogP contribution in [0.1, 0.15) is 5.56 Å². The maximum atomic E-state index is 5.55. The SMILES string of the molecule is Cc1ccc(SCl)c(S)c1. The fraction of sp³-hybridized carbons (Fsp3) is 0.143. The van der Waals surface area contributed by atoms with Gasteiger partial charge in [-0.3, -0.25) is 0 Å². The summed E-state index contributed by atoms with van der Waals surface area (Å²) < 4.78 is 0. The average Bonchev–Trinajstić information content (AvgIpc) is 1.88. The largest absolute Gasteiger partial charge is 0.142 e. The third-order valence-electron chi connectivity index (χ3n) is 1.20. The minimum Gasteiger partial charge on any atom is -0.142 e. The monoisotopic (exact) mass is 190 g/mol. The summed E-state index contributed by atoms with van der Waals surface area (Å²) in [4.78, 5) is 1.95. The van der Waals surface area contributed by atoms with Crippen molar-refractivity contribution in [2.45, 2.75) is 16.7 Å². The molecule has 0 aliphatic rings. The molecule has 0 radical (unpaired) electrons. The molecule has 0 aromatic heterocycles. The lowest BCUT2D eigenvalue weighted by Crippen LogP contribution is -1.74. The second kappa shape index (κ2) is 3.56. The predicted molar refractivity (Wildman–Crippen MR) is 50.1 cm³/mol. The van der Waals surface area contributed by atoms with Crippen LogP contribution in [0.5, 0.6) is 0 Å². The van der Waals surface area contributed by atoms with Gasteiger partial charge < -0.3 is 0 Å². The zero-order valence-corrected chi connectivity index (χ0v) is 7.93. The average molecular weight is 191 g/mol. The number of halogens is 1. The van der Waals surface area contributed by atoms with E-state index in [-0.39, 0.29) is 0 Å². The van der Waals surface area contributed by atoms with E-state index in [9.17, 15) is 0 Å². The fourth-order valence-electron chi connectivity index (χ4n) is 0.693. The first-order chi connectivity index (χ1) is 4.74. The van der Waals surface area contributed by atoms with Crippen LogP contribution in [-0.2, 0) is 0 Å². The highest BCUT2D eigenvalue weighted by atomic mass is 35.7. The van der Waals surface area contributed by atoms with Crippen LogP contribution < -0.4 is 0 Å². The maximum Gasteiger partial charge on any atom is 0.0366 e. The minimum atomic E-state index is 0.944. The van der Waals surface area contributed by atoms with E-state index in [1.807, 2.05) is 25.1 Å². The van der Waals surface area contributed by atoms with E-state index in [0.717, 1.165) is 9.79 Å². The molecule has 0 fully saturated rings. The van der Waals surface area contributed by atoms with Crippen LogP contribution in [0.15, 0.2) is 28.0 Å². The molecule has 0 atom stereocenters. The molecule has 0 amide bonds. The number of aryl methyl sites for hydroxylation is 1. The molecule has 0 nitrogen and oxygen atoms in total. The van der Waals surface area contributed by atoms with Gasteiger partial charge in [0.1, 0.15) is 0 Å². The van der Waals surface area contributed by atoms with Gasteiger partial charge in [0.2, 0.25) is 0 Å². The smallest absolute Gasteiger partial charge is 0.0366 e. The first kappa shape index (κ1) is 8.31. The Labute approximate surface area is 74.9 Å². The fourth-order valence-corrected chi connectivity index (χ4v) is 1.93. The van der Waals surface area contributed by atoms with Crippen LogP contribution in [0.3, 0.4) is 0 Å². The van der Waals surface area contributed by atoms with Gasteiger partial charge in [-0.05, 0) is 46.3 Å². The molecule has 3 heteroatoms. The molecule has 0 unspecified atom stereocenters. The van der Waals surface area contributed by atoms with Gasteiger partial charge >= 0.3 is 0 Å². The van der Waals surface area contributed by atoms with E-state index in [4.69, 9.17) is 10.7 Å². The Morgan fingerprint density at radius 3 is 2.70 bits per heavy atom. The van der Waals surface area contributed by atoms with Gasteiger partial charge in [0.25, 0.3) is 0 Å². The van der Waals surface area contributed by atoms with Crippen molar-refractivity contribution in [3.63, 3.8) is 0 Å². The van der Waals surface area contributed by atoms with Crippen molar-refractivity contribution in [3.8, 4) is 0 Å². The van der Waals surface area contributed by atoms with Gasteiger partial charge in [-0.1, -0.05) is 6.07 Å². The molecule has 1 aromatic rings. The number of rotatable bonds is 1. The zero-order chi connectivity index (χ0) is 7.56. The molecule has 10 heavy (non-hydrogen) atoms. The van der Waals surface area contributed by atoms with Crippen molar-refractivity contribution < 1.29 is 0 Å². The van der Waals surface area contributed by atoms with E-state index in [1.165, 1.54) is 16.5 Å². The lowest BCUT2D eigenvalue weighted by atomic mass is 10.2. The van der Waals surface area contributed by atoms with Crippen LogP contribution in [0.2, 0.25) is 0 Å². The summed E-state index contributed by atoms with van der Waals surface area (Å²) in [6, 6.07) is 5.98. The molecule has 1 rings (SSSR count). The molecule has 0 N–H and O–H groups in total. The third kappa shape index (κ3) is 1.84. The van der Waals surface area contributed by atoms with Crippen LogP contribution in [-0.4, -0.2) is 0 Å². The van der Waals surface area contributed by atoms with Gasteiger partial charge in [-0.2, -0.15) is 0 Å². The maximum absolute atomic E-state index is 5.55. The van der Waals surface area contributed by atoms with Gasteiger partial charge in [0.15, 0.2) is 0 Å². The van der Waals surface area contributed by atoms with Gasteiger partial charge in [-0.15, -0.1) is 12.6 Å². The third-order valence-corrected chi connectivity index (χ3v) is 2.74. The first-order valence-electron chi connectivity index (χ1n) is 2.82. The molecule has 0 spiro atoms. The number of hydrogen-bond acceptors (Lipinski definition) is 2. The molecular formula is C7H7ClS2. The Kier molecular flexibility index (Phi) is 2.96. The Morgan fingerprint density at radius 2 is 2.20 bits per heavy atom. The summed E-state index contributed by atoms with van der Waals surface area (Å²) in [6.45, 7) is 2.03. The quantitative estimate of drug-likeness (QED) is 0.662. The Balaban J connectivity index is 3.07. The summed E-state index contributed by atoms with van der Waals surface area (Å²) in [5.41, 5.74) is 1.21. The Hall–Kier alpha value is 0.210. The highest BCUT2D eigenvalue weighted by Gasteiger charge is 1.96. The number of benzene rings is 1. The Bertz CT molecular complexity index is 235. The van der Waals surface area contributed by atoms with E-state index >= 15 is 0 Å². The highest BCUT2D eigenvalue weighted by molar-refractivity contribution is 8.21. The molecule has 0 bridgehead atoms. The van der Waals surface area contributed by atoms with Gasteiger partial charge in [0.05, 0.1) is 0 Å². The molecule has 1 aromatic carbocycles. The van der Waals surface area contributed by atoms with E-state index < -0.39 is 0 Å². The predicted octanol–water partition coefficient (Wildman–Crippen LogP) is 3.53. The lowest BCUT2D eigenvalue weighted by molar-refractivity contribution is 1.23. The van der Waals surface area contributed by atoms with Crippen molar-refractivity contribution in [2.75, 3.05) is 0 Å². The van der Waals surface area contributed by atoms with E-state index in [2.05, 4.69) is 12.6 Å². The van der Waals surface area contributed by atoms with Gasteiger partial charge in [-0.25, -0.2) is 0 Å². The molecule has 0 aliphatic carbocycles. The summed E-state index contributed by atoms with van der Waals surface area (Å²) in [7, 11) is 6.75. The van der Waals surface area contributed by atoms with Crippen molar-refractivity contribution in [1.82, 2.24) is 0 Å². The standard InChI is InChI=1S/C7H7ClS2/c1-5-2-3-7(10-8)6(9)4-5/h2-4,9H,1H3. The minimum absolute atomic E-state index is 0.944. The van der Waals surface area contributed by atoms with Gasteiger partial charge in [0, 0.05) is 9.79 Å². The normalized spacial score (nSPS) is 9.90. The summed E-state index contributed by atoms with van der Waals surface area (Å²) in [5, 5.41) is 0. The van der Waals surface area contributed by atoms with Crippen molar-refractivity contribution in [3.05, 3.63) is 23.8 Å². The summed E-state index contributed by atoms with van der Waals surface area (Å²) >= 11 is 4.24.